The van der Waals surface area contributed by atoms with Gasteiger partial charge in [-0.1, -0.05) is 56.3 Å². The second-order valence-corrected chi connectivity index (χ2v) is 9.83. The molecule has 0 spiro atoms. The maximum Gasteiger partial charge on any atom is 0.295 e. The Balaban J connectivity index is 1.63. The molecule has 1 fully saturated rings. The summed E-state index contributed by atoms with van der Waals surface area (Å²) in [6.07, 6.45) is 1.72. The Hall–Kier alpha value is -4.06. The molecular weight excluding hydrogens is 466 g/mol. The average Bonchev–Trinajstić information content (AvgIpc) is 3.17. The first kappa shape index (κ1) is 24.6. The number of aryl methyl sites for hydroxylation is 1. The third-order valence-electron chi connectivity index (χ3n) is 7.17. The highest BCUT2D eigenvalue weighted by atomic mass is 16.5. The van der Waals surface area contributed by atoms with E-state index in [2.05, 4.69) is 13.8 Å². The predicted molar refractivity (Wildman–Crippen MR) is 142 cm³/mol. The monoisotopic (exact) mass is 497 g/mol. The van der Waals surface area contributed by atoms with Crippen LogP contribution in [-0.4, -0.2) is 35.4 Å². The molecule has 2 aliphatic heterocycles. The Labute approximate surface area is 217 Å². The van der Waals surface area contributed by atoms with Crippen LogP contribution in [0.25, 0.3) is 5.76 Å². The first-order valence-electron chi connectivity index (χ1n) is 12.6. The molecule has 3 aromatic carbocycles. The number of methoxy groups -OCH3 is 1. The maximum absolute atomic E-state index is 13.5. The summed E-state index contributed by atoms with van der Waals surface area (Å²) in [6.45, 7) is 5.06. The topological polar surface area (TPSA) is 76.1 Å². The summed E-state index contributed by atoms with van der Waals surface area (Å²) in [4.78, 5) is 28.4. The number of hydrogen-bond donors (Lipinski definition) is 1. The molecule has 5 rings (SSSR count). The molecule has 1 N–H and O–H groups in total. The van der Waals surface area contributed by atoms with Crippen molar-refractivity contribution < 1.29 is 24.2 Å². The minimum atomic E-state index is -0.738. The number of hydrogen-bond acceptors (Lipinski definition) is 5. The number of benzene rings is 3. The second kappa shape index (κ2) is 10.1. The molecule has 1 unspecified atom stereocenters. The van der Waals surface area contributed by atoms with E-state index in [1.165, 1.54) is 4.90 Å². The van der Waals surface area contributed by atoms with E-state index in [4.69, 9.17) is 9.47 Å². The van der Waals surface area contributed by atoms with E-state index in [0.717, 1.165) is 40.8 Å². The van der Waals surface area contributed by atoms with Crippen LogP contribution in [0.4, 0.5) is 0 Å². The van der Waals surface area contributed by atoms with Crippen molar-refractivity contribution in [1.82, 2.24) is 4.90 Å². The van der Waals surface area contributed by atoms with Gasteiger partial charge in [0.2, 0.25) is 0 Å². The number of ether oxygens (including phenoxy) is 2. The van der Waals surface area contributed by atoms with Gasteiger partial charge in [-0.2, -0.15) is 0 Å². The highest BCUT2D eigenvalue weighted by Gasteiger charge is 2.46. The standard InChI is InChI=1S/C31H31NO5/c1-19(2)20-10-12-21(13-11-20)28-27(29(33)23-14-15-26-22(17-23)8-6-16-37-26)30(34)31(35)32(28)18-24-7-4-5-9-25(24)36-3/h4-5,7,9-15,17,19,28,33H,6,8,16,18H2,1-3H3/b29-27-. The summed E-state index contributed by atoms with van der Waals surface area (Å²) in [5, 5.41) is 11.5. The minimum Gasteiger partial charge on any atom is -0.507 e. The summed E-state index contributed by atoms with van der Waals surface area (Å²) in [7, 11) is 1.58. The van der Waals surface area contributed by atoms with Crippen LogP contribution in [-0.2, 0) is 22.6 Å². The predicted octanol–water partition coefficient (Wildman–Crippen LogP) is 5.77. The number of aliphatic hydroxyl groups is 1. The first-order valence-corrected chi connectivity index (χ1v) is 12.6. The van der Waals surface area contributed by atoms with Crippen LogP contribution in [0.3, 0.4) is 0 Å². The van der Waals surface area contributed by atoms with E-state index in [-0.39, 0.29) is 17.9 Å². The molecule has 1 saturated heterocycles. The van der Waals surface area contributed by atoms with Crippen LogP contribution in [0.5, 0.6) is 11.5 Å². The van der Waals surface area contributed by atoms with Crippen LogP contribution >= 0.6 is 0 Å². The molecule has 6 heteroatoms. The zero-order valence-corrected chi connectivity index (χ0v) is 21.4. The van der Waals surface area contributed by atoms with Crippen molar-refractivity contribution in [3.05, 3.63) is 100 Å². The Bertz CT molecular complexity index is 1370. The van der Waals surface area contributed by atoms with Gasteiger partial charge in [-0.25, -0.2) is 0 Å². The van der Waals surface area contributed by atoms with Crippen molar-refractivity contribution >= 4 is 17.4 Å². The molecule has 2 aliphatic rings. The third-order valence-corrected chi connectivity index (χ3v) is 7.17. The lowest BCUT2D eigenvalue weighted by atomic mass is 9.92. The zero-order valence-electron chi connectivity index (χ0n) is 21.4. The number of Topliss-reactive ketones (excluding diaryl/α,β-unsaturated/α-hetero) is 1. The molecule has 37 heavy (non-hydrogen) atoms. The lowest BCUT2D eigenvalue weighted by molar-refractivity contribution is -0.140. The van der Waals surface area contributed by atoms with Crippen molar-refractivity contribution in [2.75, 3.05) is 13.7 Å². The number of nitrogens with zero attached hydrogens (tertiary/aromatic N) is 1. The average molecular weight is 498 g/mol. The lowest BCUT2D eigenvalue weighted by Gasteiger charge is -2.26. The van der Waals surface area contributed by atoms with Gasteiger partial charge in [-0.3, -0.25) is 9.59 Å². The Morgan fingerprint density at radius 1 is 1.08 bits per heavy atom. The number of fused-ring (bicyclic) bond motifs is 1. The van der Waals surface area contributed by atoms with Gasteiger partial charge >= 0.3 is 0 Å². The summed E-state index contributed by atoms with van der Waals surface area (Å²) >= 11 is 0. The summed E-state index contributed by atoms with van der Waals surface area (Å²) in [5.74, 6) is 0.248. The van der Waals surface area contributed by atoms with Gasteiger partial charge in [-0.05, 0) is 59.7 Å². The highest BCUT2D eigenvalue weighted by molar-refractivity contribution is 6.46. The van der Waals surface area contributed by atoms with Gasteiger partial charge in [0.1, 0.15) is 17.3 Å². The molecule has 0 aromatic heterocycles. The van der Waals surface area contributed by atoms with Gasteiger partial charge in [0, 0.05) is 11.1 Å². The number of rotatable bonds is 6. The van der Waals surface area contributed by atoms with E-state index in [1.807, 2.05) is 60.7 Å². The van der Waals surface area contributed by atoms with Crippen molar-refractivity contribution in [2.45, 2.75) is 45.2 Å². The van der Waals surface area contributed by atoms with Crippen LogP contribution in [0.15, 0.2) is 72.3 Å². The van der Waals surface area contributed by atoms with Gasteiger partial charge in [0.15, 0.2) is 0 Å². The number of likely N-dealkylation sites (tertiary alicyclic amines) is 1. The number of carbonyl (C=O) groups is 2. The number of aliphatic hydroxyl groups excluding tert-OH is 1. The minimum absolute atomic E-state index is 0.0915. The van der Waals surface area contributed by atoms with Crippen molar-refractivity contribution in [3.63, 3.8) is 0 Å². The third kappa shape index (κ3) is 4.59. The molecule has 3 aromatic rings. The van der Waals surface area contributed by atoms with Crippen LogP contribution < -0.4 is 9.47 Å². The zero-order chi connectivity index (χ0) is 26.1. The number of amides is 1. The number of ketones is 1. The fourth-order valence-electron chi connectivity index (χ4n) is 5.13. The van der Waals surface area contributed by atoms with Crippen LogP contribution in [0, 0.1) is 0 Å². The maximum atomic E-state index is 13.5. The fourth-order valence-corrected chi connectivity index (χ4v) is 5.13. The van der Waals surface area contributed by atoms with E-state index in [0.29, 0.717) is 23.8 Å². The van der Waals surface area contributed by atoms with Gasteiger partial charge < -0.3 is 19.5 Å². The summed E-state index contributed by atoms with van der Waals surface area (Å²) in [5.41, 5.74) is 4.27. The summed E-state index contributed by atoms with van der Waals surface area (Å²) in [6, 6.07) is 20.0. The molecule has 0 aliphatic carbocycles. The Kier molecular flexibility index (Phi) is 6.74. The Morgan fingerprint density at radius 3 is 2.57 bits per heavy atom. The molecule has 0 radical (unpaired) electrons. The fraction of sp³-hybridized carbons (Fsp3) is 0.290. The van der Waals surface area contributed by atoms with Crippen molar-refractivity contribution in [1.29, 1.82) is 0 Å². The first-order chi connectivity index (χ1) is 17.9. The van der Waals surface area contributed by atoms with Crippen molar-refractivity contribution in [2.24, 2.45) is 0 Å². The smallest absolute Gasteiger partial charge is 0.295 e. The molecular formula is C31H31NO5. The molecule has 0 saturated carbocycles. The Morgan fingerprint density at radius 2 is 1.84 bits per heavy atom. The van der Waals surface area contributed by atoms with Gasteiger partial charge in [-0.15, -0.1) is 0 Å². The second-order valence-electron chi connectivity index (χ2n) is 9.83. The largest absolute Gasteiger partial charge is 0.507 e. The van der Waals surface area contributed by atoms with Crippen molar-refractivity contribution in [3.8, 4) is 11.5 Å². The van der Waals surface area contributed by atoms with E-state index in [9.17, 15) is 14.7 Å². The van der Waals surface area contributed by atoms with E-state index in [1.54, 1.807) is 13.2 Å². The lowest BCUT2D eigenvalue weighted by Crippen LogP contribution is -2.29. The molecule has 2 heterocycles. The quantitative estimate of drug-likeness (QED) is 0.266. The molecule has 1 amide bonds. The van der Waals surface area contributed by atoms with Crippen LogP contribution in [0.1, 0.15) is 60.0 Å². The molecule has 190 valence electrons. The van der Waals surface area contributed by atoms with E-state index >= 15 is 0 Å². The van der Waals surface area contributed by atoms with Crippen LogP contribution in [0.2, 0.25) is 0 Å². The van der Waals surface area contributed by atoms with Gasteiger partial charge in [0.25, 0.3) is 11.7 Å². The molecule has 6 nitrogen and oxygen atoms in total. The molecule has 0 bridgehead atoms. The van der Waals surface area contributed by atoms with Gasteiger partial charge in [0.05, 0.1) is 31.9 Å². The summed E-state index contributed by atoms with van der Waals surface area (Å²) < 4.78 is 11.2. The van der Waals surface area contributed by atoms with E-state index < -0.39 is 17.7 Å². The highest BCUT2D eigenvalue weighted by Crippen LogP contribution is 2.42. The normalized spacial score (nSPS) is 18.6. The SMILES string of the molecule is COc1ccccc1CN1C(=O)C(=O)/C(=C(\O)c2ccc3c(c2)CCCO3)C1c1ccc(C(C)C)cc1. The number of carbonyl (C=O) groups excluding carboxylic acids is 2. The number of para-hydroxylation sites is 1. The molecule has 1 atom stereocenters.